The van der Waals surface area contributed by atoms with E-state index in [1.807, 2.05) is 0 Å². The molecule has 0 saturated carbocycles. The maximum Gasteiger partial charge on any atom is 0.412 e. The fraction of sp³-hybridized carbons (Fsp3) is 1.00. The Morgan fingerprint density at radius 1 is 1.36 bits per heavy atom. The van der Waals surface area contributed by atoms with Crippen LogP contribution < -0.4 is 4.89 Å². The summed E-state index contributed by atoms with van der Waals surface area (Å²) in [5, 5.41) is 0. The first-order chi connectivity index (χ1) is 6.27. The molecule has 0 aliphatic rings. The minimum absolute atomic E-state index is 0.158. The van der Waals surface area contributed by atoms with Gasteiger partial charge in [-0.1, -0.05) is 13.3 Å². The zero-order valence-corrected chi connectivity index (χ0v) is 8.44. The van der Waals surface area contributed by atoms with E-state index in [9.17, 15) is 22.6 Å². The molecule has 0 aliphatic carbocycles. The second-order valence-corrected chi connectivity index (χ2v) is 3.93. The van der Waals surface area contributed by atoms with E-state index in [0.717, 1.165) is 0 Å². The SMILES string of the molecule is CCCCOP(=O)([O-])OCC(F)(F)F. The number of rotatable bonds is 6. The molecule has 0 rings (SSSR count). The van der Waals surface area contributed by atoms with E-state index in [1.54, 1.807) is 6.92 Å². The molecule has 0 radical (unpaired) electrons. The molecule has 0 bridgehead atoms. The molecular formula is C6H11F3O4P-. The molecule has 0 heterocycles. The van der Waals surface area contributed by atoms with Gasteiger partial charge in [0.05, 0.1) is 6.61 Å². The molecule has 0 aromatic rings. The third-order valence-corrected chi connectivity index (χ3v) is 2.08. The second-order valence-electron chi connectivity index (χ2n) is 2.52. The minimum Gasteiger partial charge on any atom is -0.756 e. The highest BCUT2D eigenvalue weighted by Crippen LogP contribution is 2.40. The van der Waals surface area contributed by atoms with Crippen molar-refractivity contribution in [3.8, 4) is 0 Å². The predicted octanol–water partition coefficient (Wildman–Crippen LogP) is 1.85. The summed E-state index contributed by atoms with van der Waals surface area (Å²) in [5.41, 5.74) is 0. The van der Waals surface area contributed by atoms with Crippen LogP contribution in [0.25, 0.3) is 0 Å². The molecule has 14 heavy (non-hydrogen) atoms. The van der Waals surface area contributed by atoms with Crippen LogP contribution in [0, 0.1) is 0 Å². The summed E-state index contributed by atoms with van der Waals surface area (Å²) >= 11 is 0. The van der Waals surface area contributed by atoms with Gasteiger partial charge in [-0.2, -0.15) is 13.2 Å². The molecule has 1 atom stereocenters. The smallest absolute Gasteiger partial charge is 0.412 e. The number of alkyl halides is 3. The van der Waals surface area contributed by atoms with E-state index >= 15 is 0 Å². The van der Waals surface area contributed by atoms with Crippen molar-refractivity contribution in [1.82, 2.24) is 0 Å². The molecule has 8 heteroatoms. The Bertz CT molecular complexity index is 206. The van der Waals surface area contributed by atoms with Gasteiger partial charge in [0.2, 0.25) is 0 Å². The zero-order valence-electron chi connectivity index (χ0n) is 7.54. The van der Waals surface area contributed by atoms with Crippen LogP contribution in [0.4, 0.5) is 13.2 Å². The highest BCUT2D eigenvalue weighted by Gasteiger charge is 2.30. The van der Waals surface area contributed by atoms with Crippen LogP contribution in [0.3, 0.4) is 0 Å². The van der Waals surface area contributed by atoms with Crippen molar-refractivity contribution < 1.29 is 31.7 Å². The Balaban J connectivity index is 3.78. The number of unbranched alkanes of at least 4 members (excludes halogenated alkanes) is 1. The summed E-state index contributed by atoms with van der Waals surface area (Å²) in [4.78, 5) is 10.6. The van der Waals surface area contributed by atoms with Gasteiger partial charge in [0.25, 0.3) is 7.82 Å². The average molecular weight is 235 g/mol. The Morgan fingerprint density at radius 3 is 2.36 bits per heavy atom. The molecule has 0 aromatic heterocycles. The molecule has 0 N–H and O–H groups in total. The van der Waals surface area contributed by atoms with Crippen LogP contribution in [-0.4, -0.2) is 19.4 Å². The van der Waals surface area contributed by atoms with Crippen LogP contribution in [0.1, 0.15) is 19.8 Å². The number of hydrogen-bond acceptors (Lipinski definition) is 4. The minimum atomic E-state index is -4.79. The monoisotopic (exact) mass is 235 g/mol. The molecule has 0 aliphatic heterocycles. The van der Waals surface area contributed by atoms with Crippen LogP contribution in [-0.2, 0) is 13.6 Å². The first kappa shape index (κ1) is 13.9. The van der Waals surface area contributed by atoms with Gasteiger partial charge in [-0.05, 0) is 6.42 Å². The summed E-state index contributed by atoms with van der Waals surface area (Å²) in [7, 11) is -4.79. The van der Waals surface area contributed by atoms with Crippen molar-refractivity contribution in [3.05, 3.63) is 0 Å². The van der Waals surface area contributed by atoms with Gasteiger partial charge >= 0.3 is 6.18 Å². The van der Waals surface area contributed by atoms with Crippen molar-refractivity contribution in [2.45, 2.75) is 25.9 Å². The predicted molar refractivity (Wildman–Crippen MR) is 40.5 cm³/mol. The van der Waals surface area contributed by atoms with Crippen LogP contribution in [0.15, 0.2) is 0 Å². The normalized spacial score (nSPS) is 16.6. The van der Waals surface area contributed by atoms with E-state index in [1.165, 1.54) is 0 Å². The van der Waals surface area contributed by atoms with Crippen molar-refractivity contribution in [1.29, 1.82) is 0 Å². The van der Waals surface area contributed by atoms with Gasteiger partial charge in [-0.15, -0.1) is 0 Å². The van der Waals surface area contributed by atoms with Crippen LogP contribution in [0.5, 0.6) is 0 Å². The molecule has 0 amide bonds. The lowest BCUT2D eigenvalue weighted by Crippen LogP contribution is -2.19. The first-order valence-corrected chi connectivity index (χ1v) is 5.40. The van der Waals surface area contributed by atoms with Crippen molar-refractivity contribution in [2.24, 2.45) is 0 Å². The highest BCUT2D eigenvalue weighted by atomic mass is 31.2. The summed E-state index contributed by atoms with van der Waals surface area (Å²) in [6.07, 6.45) is -3.55. The molecule has 0 spiro atoms. The molecule has 0 fully saturated rings. The molecule has 4 nitrogen and oxygen atoms in total. The average Bonchev–Trinajstić information content (AvgIpc) is 2.00. The third-order valence-electron chi connectivity index (χ3n) is 1.13. The van der Waals surface area contributed by atoms with Crippen molar-refractivity contribution in [3.63, 3.8) is 0 Å². The Morgan fingerprint density at radius 2 is 1.93 bits per heavy atom. The molecule has 0 aromatic carbocycles. The maximum absolute atomic E-state index is 11.5. The van der Waals surface area contributed by atoms with Gasteiger partial charge in [-0.25, -0.2) is 0 Å². The zero-order chi connectivity index (χ0) is 11.2. The Kier molecular flexibility index (Phi) is 5.66. The quantitative estimate of drug-likeness (QED) is 0.520. The summed E-state index contributed by atoms with van der Waals surface area (Å²) in [6.45, 7) is -0.218. The number of phosphoric ester groups is 1. The molecular weight excluding hydrogens is 224 g/mol. The molecule has 86 valence electrons. The van der Waals surface area contributed by atoms with Crippen molar-refractivity contribution in [2.75, 3.05) is 13.2 Å². The van der Waals surface area contributed by atoms with Gasteiger partial charge < -0.3 is 13.9 Å². The van der Waals surface area contributed by atoms with Gasteiger partial charge in [0, 0.05) is 0 Å². The third kappa shape index (κ3) is 8.50. The Hall–Kier alpha value is -0.100. The lowest BCUT2D eigenvalue weighted by atomic mass is 10.4. The van der Waals surface area contributed by atoms with E-state index < -0.39 is 20.6 Å². The highest BCUT2D eigenvalue weighted by molar-refractivity contribution is 7.45. The van der Waals surface area contributed by atoms with Crippen LogP contribution in [0.2, 0.25) is 0 Å². The van der Waals surface area contributed by atoms with E-state index in [0.29, 0.717) is 12.8 Å². The lowest BCUT2D eigenvalue weighted by Gasteiger charge is -2.22. The second kappa shape index (κ2) is 5.70. The number of halogens is 3. The standard InChI is InChI=1S/C6H12F3O4P/c1-2-3-4-12-14(10,11)13-5-6(7,8)9/h2-5H2,1H3,(H,10,11)/p-1. The largest absolute Gasteiger partial charge is 0.756 e. The Labute approximate surface area is 79.6 Å². The summed E-state index contributed by atoms with van der Waals surface area (Å²) in [5.74, 6) is 0. The lowest BCUT2D eigenvalue weighted by molar-refractivity contribution is -0.240. The van der Waals surface area contributed by atoms with Crippen LogP contribution >= 0.6 is 7.82 Å². The number of hydrogen-bond donors (Lipinski definition) is 0. The van der Waals surface area contributed by atoms with E-state index in [4.69, 9.17) is 0 Å². The topological polar surface area (TPSA) is 58.6 Å². The maximum atomic E-state index is 11.5. The van der Waals surface area contributed by atoms with E-state index in [-0.39, 0.29) is 6.61 Å². The molecule has 1 unspecified atom stereocenters. The number of phosphoric acid groups is 1. The van der Waals surface area contributed by atoms with Gasteiger partial charge in [-0.3, -0.25) is 4.57 Å². The van der Waals surface area contributed by atoms with Gasteiger partial charge in [0.15, 0.2) is 6.61 Å². The first-order valence-electron chi connectivity index (χ1n) is 3.94. The van der Waals surface area contributed by atoms with Gasteiger partial charge in [0.1, 0.15) is 0 Å². The summed E-state index contributed by atoms with van der Waals surface area (Å²) < 4.78 is 53.0. The van der Waals surface area contributed by atoms with Crippen molar-refractivity contribution >= 4 is 7.82 Å². The summed E-state index contributed by atoms with van der Waals surface area (Å²) in [6, 6.07) is 0. The molecule has 0 saturated heterocycles. The fourth-order valence-corrected chi connectivity index (χ4v) is 1.24. The van der Waals surface area contributed by atoms with E-state index in [2.05, 4.69) is 9.05 Å². The fourth-order valence-electron chi connectivity index (χ4n) is 0.510.